The molecule has 0 saturated carbocycles. The van der Waals surface area contributed by atoms with Crippen LogP contribution in [0.3, 0.4) is 0 Å². The van der Waals surface area contributed by atoms with Crippen molar-refractivity contribution in [1.82, 2.24) is 4.98 Å². The van der Waals surface area contributed by atoms with E-state index in [9.17, 15) is 5.26 Å². The molecule has 1 N–H and O–H groups in total. The molecular weight excluding hydrogens is 416 g/mol. The van der Waals surface area contributed by atoms with Crippen molar-refractivity contribution < 1.29 is 9.47 Å². The average molecular weight is 427 g/mol. The zero-order valence-electron chi connectivity index (χ0n) is 13.3. The zero-order valence-corrected chi connectivity index (χ0v) is 15.7. The summed E-state index contributed by atoms with van der Waals surface area (Å²) in [6.45, 7) is 0.230. The van der Waals surface area contributed by atoms with E-state index in [1.165, 1.54) is 11.3 Å². The van der Waals surface area contributed by atoms with Crippen LogP contribution in [-0.4, -0.2) is 17.5 Å². The lowest BCUT2D eigenvalue weighted by Crippen LogP contribution is -2.01. The number of nitrogens with one attached hydrogen (secondary N) is 1. The number of anilines is 1. The van der Waals surface area contributed by atoms with Gasteiger partial charge >= 0.3 is 0 Å². The highest BCUT2D eigenvalue weighted by Crippen LogP contribution is 2.36. The fourth-order valence-corrected chi connectivity index (χ4v) is 3.37. The highest BCUT2D eigenvalue weighted by molar-refractivity contribution is 9.10. The Balaban J connectivity index is 1.56. The first kappa shape index (κ1) is 16.6. The summed E-state index contributed by atoms with van der Waals surface area (Å²) in [5.41, 5.74) is 5.55. The van der Waals surface area contributed by atoms with Gasteiger partial charge in [-0.2, -0.15) is 10.4 Å². The van der Waals surface area contributed by atoms with Gasteiger partial charge in [0.15, 0.2) is 22.2 Å². The molecule has 0 aliphatic carbocycles. The van der Waals surface area contributed by atoms with E-state index in [4.69, 9.17) is 9.47 Å². The predicted molar refractivity (Wildman–Crippen MR) is 104 cm³/mol. The number of benzene rings is 2. The van der Waals surface area contributed by atoms with Crippen molar-refractivity contribution in [3.05, 3.63) is 57.3 Å². The second-order valence-corrected chi connectivity index (χ2v) is 7.07. The second-order valence-electron chi connectivity index (χ2n) is 5.30. The summed E-state index contributed by atoms with van der Waals surface area (Å²) in [5.74, 6) is 1.42. The smallest absolute Gasteiger partial charge is 0.231 e. The first-order chi connectivity index (χ1) is 12.7. The van der Waals surface area contributed by atoms with Crippen molar-refractivity contribution in [1.29, 1.82) is 5.26 Å². The number of halogens is 1. The molecule has 1 aliphatic rings. The minimum Gasteiger partial charge on any atom is -0.454 e. The summed E-state index contributed by atoms with van der Waals surface area (Å²) in [6.07, 6.45) is 0. The van der Waals surface area contributed by atoms with Crippen LogP contribution in [0, 0.1) is 11.3 Å². The maximum atomic E-state index is 9.41. The molecule has 3 aromatic rings. The number of ether oxygens (including phenoxy) is 2. The summed E-state index contributed by atoms with van der Waals surface area (Å²) in [5, 5.41) is 16.0. The quantitative estimate of drug-likeness (QED) is 0.485. The number of hydrogen-bond donors (Lipinski definition) is 1. The molecule has 1 aliphatic heterocycles. The van der Waals surface area contributed by atoms with E-state index in [1.807, 2.05) is 47.8 Å². The molecule has 26 heavy (non-hydrogen) atoms. The lowest BCUT2D eigenvalue weighted by Gasteiger charge is -2.01. The maximum Gasteiger partial charge on any atom is 0.231 e. The first-order valence-corrected chi connectivity index (χ1v) is 9.25. The summed E-state index contributed by atoms with van der Waals surface area (Å²) in [7, 11) is 0. The Hall–Kier alpha value is -2.89. The highest BCUT2D eigenvalue weighted by Gasteiger charge is 2.16. The van der Waals surface area contributed by atoms with Crippen molar-refractivity contribution in [3.63, 3.8) is 0 Å². The fraction of sp³-hybridized carbons (Fsp3) is 0.0556. The Kier molecular flexibility index (Phi) is 4.56. The molecule has 128 valence electrons. The summed E-state index contributed by atoms with van der Waals surface area (Å²) in [4.78, 5) is 4.52. The number of hydrazone groups is 1. The standard InChI is InChI=1S/C18H11BrN4O2S/c19-12-2-4-13(5-3-12)22-23-14(8-20)18-21-15(9-26-18)11-1-6-16-17(7-11)25-10-24-16/h1-7,9,22H,10H2/b23-14+. The third kappa shape index (κ3) is 3.40. The van der Waals surface area contributed by atoms with Gasteiger partial charge in [-0.3, -0.25) is 5.43 Å². The van der Waals surface area contributed by atoms with Gasteiger partial charge in [0.05, 0.1) is 11.4 Å². The molecule has 0 radical (unpaired) electrons. The van der Waals surface area contributed by atoms with Gasteiger partial charge in [0.25, 0.3) is 0 Å². The number of thiazole rings is 1. The van der Waals surface area contributed by atoms with Gasteiger partial charge in [0.2, 0.25) is 6.79 Å². The molecule has 0 unspecified atom stereocenters. The van der Waals surface area contributed by atoms with Crippen LogP contribution in [0.1, 0.15) is 5.01 Å². The Morgan fingerprint density at radius 3 is 2.81 bits per heavy atom. The minimum atomic E-state index is 0.227. The van der Waals surface area contributed by atoms with E-state index in [-0.39, 0.29) is 12.5 Å². The van der Waals surface area contributed by atoms with Crippen LogP contribution in [-0.2, 0) is 0 Å². The van der Waals surface area contributed by atoms with Gasteiger partial charge in [0.1, 0.15) is 6.07 Å². The molecule has 8 heteroatoms. The number of rotatable bonds is 4. The predicted octanol–water partition coefficient (Wildman–Crippen LogP) is 4.64. The third-order valence-electron chi connectivity index (χ3n) is 3.62. The molecule has 0 amide bonds. The van der Waals surface area contributed by atoms with Crippen LogP contribution < -0.4 is 14.9 Å². The number of aromatic nitrogens is 1. The Morgan fingerprint density at radius 1 is 1.19 bits per heavy atom. The maximum absolute atomic E-state index is 9.41. The first-order valence-electron chi connectivity index (χ1n) is 7.58. The molecule has 0 atom stereocenters. The van der Waals surface area contributed by atoms with Crippen molar-refractivity contribution in [2.45, 2.75) is 0 Å². The van der Waals surface area contributed by atoms with Crippen LogP contribution in [0.15, 0.2) is 57.4 Å². The number of hydrogen-bond acceptors (Lipinski definition) is 7. The molecule has 0 spiro atoms. The van der Waals surface area contributed by atoms with E-state index in [0.717, 1.165) is 27.2 Å². The van der Waals surface area contributed by atoms with Crippen LogP contribution in [0.25, 0.3) is 11.3 Å². The third-order valence-corrected chi connectivity index (χ3v) is 5.00. The van der Waals surface area contributed by atoms with Gasteiger partial charge in [-0.05, 0) is 42.5 Å². The number of nitrogens with zero attached hydrogens (tertiary/aromatic N) is 3. The molecular formula is C18H11BrN4O2S. The molecule has 2 aromatic carbocycles. The Bertz CT molecular complexity index is 1020. The Morgan fingerprint density at radius 2 is 2.00 bits per heavy atom. The van der Waals surface area contributed by atoms with Crippen LogP contribution in [0.4, 0.5) is 5.69 Å². The molecule has 4 rings (SSSR count). The Labute approximate surface area is 161 Å². The van der Waals surface area contributed by atoms with Crippen molar-refractivity contribution >= 4 is 38.7 Å². The van der Waals surface area contributed by atoms with Gasteiger partial charge in [-0.15, -0.1) is 11.3 Å². The monoisotopic (exact) mass is 426 g/mol. The molecule has 2 heterocycles. The van der Waals surface area contributed by atoms with Gasteiger partial charge in [-0.1, -0.05) is 15.9 Å². The normalized spacial score (nSPS) is 12.7. The molecule has 1 aromatic heterocycles. The van der Waals surface area contributed by atoms with E-state index in [0.29, 0.717) is 10.8 Å². The van der Waals surface area contributed by atoms with Gasteiger partial charge in [-0.25, -0.2) is 4.98 Å². The molecule has 0 saturated heterocycles. The highest BCUT2D eigenvalue weighted by atomic mass is 79.9. The zero-order chi connectivity index (χ0) is 17.9. The summed E-state index contributed by atoms with van der Waals surface area (Å²) >= 11 is 4.74. The van der Waals surface area contributed by atoms with Gasteiger partial charge in [0, 0.05) is 15.4 Å². The second kappa shape index (κ2) is 7.15. The van der Waals surface area contributed by atoms with Crippen molar-refractivity contribution in [3.8, 4) is 28.8 Å². The van der Waals surface area contributed by atoms with E-state index in [1.54, 1.807) is 0 Å². The number of fused-ring (bicyclic) bond motifs is 1. The van der Waals surface area contributed by atoms with Crippen molar-refractivity contribution in [2.24, 2.45) is 5.10 Å². The lowest BCUT2D eigenvalue weighted by atomic mass is 10.1. The summed E-state index contributed by atoms with van der Waals surface area (Å²) < 4.78 is 11.7. The van der Waals surface area contributed by atoms with E-state index >= 15 is 0 Å². The van der Waals surface area contributed by atoms with Crippen LogP contribution in [0.5, 0.6) is 11.5 Å². The average Bonchev–Trinajstić information content (AvgIpc) is 3.32. The largest absolute Gasteiger partial charge is 0.454 e. The van der Waals surface area contributed by atoms with Crippen molar-refractivity contribution in [2.75, 3.05) is 12.2 Å². The summed E-state index contributed by atoms with van der Waals surface area (Å²) in [6, 6.07) is 15.2. The van der Waals surface area contributed by atoms with Gasteiger partial charge < -0.3 is 9.47 Å². The SMILES string of the molecule is N#C/C(=N\Nc1ccc(Br)cc1)c1nc(-c2ccc3c(c2)OCO3)cs1. The molecule has 6 nitrogen and oxygen atoms in total. The minimum absolute atomic E-state index is 0.227. The number of nitriles is 1. The topological polar surface area (TPSA) is 79.5 Å². The lowest BCUT2D eigenvalue weighted by molar-refractivity contribution is 0.174. The van der Waals surface area contributed by atoms with Crippen LogP contribution >= 0.6 is 27.3 Å². The van der Waals surface area contributed by atoms with E-state index in [2.05, 4.69) is 37.5 Å². The molecule has 0 bridgehead atoms. The fourth-order valence-electron chi connectivity index (χ4n) is 2.34. The van der Waals surface area contributed by atoms with E-state index < -0.39 is 0 Å². The van der Waals surface area contributed by atoms with Crippen LogP contribution in [0.2, 0.25) is 0 Å². The molecule has 0 fully saturated rings.